The van der Waals surface area contributed by atoms with Gasteiger partial charge in [-0.25, -0.2) is 0 Å². The van der Waals surface area contributed by atoms with Gasteiger partial charge in [0.15, 0.2) is 0 Å². The van der Waals surface area contributed by atoms with Crippen LogP contribution in [-0.2, 0) is 11.3 Å². The molecule has 0 atom stereocenters. The predicted molar refractivity (Wildman–Crippen MR) is 87.0 cm³/mol. The molecule has 0 aliphatic heterocycles. The number of nitrogens with one attached hydrogen (secondary N) is 1. The largest absolute Gasteiger partial charge is 0.326 e. The summed E-state index contributed by atoms with van der Waals surface area (Å²) in [6, 6.07) is 7.70. The number of hydrogen-bond acceptors (Lipinski definition) is 3. The molecule has 116 valence electrons. The van der Waals surface area contributed by atoms with E-state index >= 15 is 0 Å². The van der Waals surface area contributed by atoms with Crippen LogP contribution in [-0.4, -0.2) is 30.9 Å². The van der Waals surface area contributed by atoms with Crippen molar-refractivity contribution in [1.29, 1.82) is 0 Å². The highest BCUT2D eigenvalue weighted by Crippen LogP contribution is 2.26. The normalized spacial score (nSPS) is 15.0. The molecule has 0 unspecified atom stereocenters. The lowest BCUT2D eigenvalue weighted by Crippen LogP contribution is -2.30. The van der Waals surface area contributed by atoms with Crippen molar-refractivity contribution in [2.24, 2.45) is 11.7 Å². The molecule has 3 N–H and O–H groups in total. The topological polar surface area (TPSA) is 58.4 Å². The Hall–Kier alpha value is -1.39. The summed E-state index contributed by atoms with van der Waals surface area (Å²) < 4.78 is 0. The lowest BCUT2D eigenvalue weighted by molar-refractivity contribution is -0.116. The average molecular weight is 289 g/mol. The van der Waals surface area contributed by atoms with E-state index in [0.29, 0.717) is 13.0 Å². The van der Waals surface area contributed by atoms with Crippen molar-refractivity contribution in [2.45, 2.75) is 38.6 Å². The molecule has 4 nitrogen and oxygen atoms in total. The predicted octanol–water partition coefficient (Wildman–Crippen LogP) is 2.60. The fraction of sp³-hybridized carbons (Fsp3) is 0.588. The fourth-order valence-electron chi connectivity index (χ4n) is 2.66. The molecular formula is C17H27N3O. The van der Waals surface area contributed by atoms with Crippen LogP contribution in [0.5, 0.6) is 0 Å². The van der Waals surface area contributed by atoms with Gasteiger partial charge >= 0.3 is 0 Å². The van der Waals surface area contributed by atoms with E-state index < -0.39 is 0 Å². The summed E-state index contributed by atoms with van der Waals surface area (Å²) in [4.78, 5) is 14.2. The molecule has 1 amide bonds. The van der Waals surface area contributed by atoms with Crippen molar-refractivity contribution in [3.05, 3.63) is 29.8 Å². The Balaban J connectivity index is 1.62. The Morgan fingerprint density at radius 2 is 2.05 bits per heavy atom. The van der Waals surface area contributed by atoms with E-state index in [9.17, 15) is 4.79 Å². The van der Waals surface area contributed by atoms with Crippen LogP contribution >= 0.6 is 0 Å². The fourth-order valence-corrected chi connectivity index (χ4v) is 2.66. The molecule has 0 spiro atoms. The summed E-state index contributed by atoms with van der Waals surface area (Å²) in [6.07, 6.45) is 5.64. The molecule has 2 rings (SSSR count). The lowest BCUT2D eigenvalue weighted by Gasteiger charge is -2.30. The van der Waals surface area contributed by atoms with Crippen molar-refractivity contribution >= 4 is 11.6 Å². The van der Waals surface area contributed by atoms with Gasteiger partial charge in [-0.1, -0.05) is 18.6 Å². The summed E-state index contributed by atoms with van der Waals surface area (Å²) in [5.41, 5.74) is 7.47. The Kier molecular flexibility index (Phi) is 6.21. The maximum absolute atomic E-state index is 11.9. The second-order valence-corrected chi connectivity index (χ2v) is 6.11. The molecule has 1 aliphatic carbocycles. The number of benzene rings is 1. The Labute approximate surface area is 127 Å². The van der Waals surface area contributed by atoms with Gasteiger partial charge in [0.05, 0.1) is 0 Å². The highest BCUT2D eigenvalue weighted by molar-refractivity contribution is 5.90. The second kappa shape index (κ2) is 8.15. The van der Waals surface area contributed by atoms with Crippen molar-refractivity contribution in [3.63, 3.8) is 0 Å². The van der Waals surface area contributed by atoms with E-state index in [1.807, 2.05) is 24.3 Å². The smallest absolute Gasteiger partial charge is 0.224 e. The van der Waals surface area contributed by atoms with Gasteiger partial charge < -0.3 is 16.0 Å². The lowest BCUT2D eigenvalue weighted by atomic mass is 9.85. The third-order valence-corrected chi connectivity index (χ3v) is 4.21. The quantitative estimate of drug-likeness (QED) is 0.773. The zero-order valence-electron chi connectivity index (χ0n) is 13.0. The van der Waals surface area contributed by atoms with Crippen LogP contribution in [0.4, 0.5) is 5.69 Å². The van der Waals surface area contributed by atoms with Gasteiger partial charge in [-0.3, -0.25) is 4.79 Å². The van der Waals surface area contributed by atoms with Crippen LogP contribution < -0.4 is 11.1 Å². The molecule has 0 aromatic heterocycles. The summed E-state index contributed by atoms with van der Waals surface area (Å²) >= 11 is 0. The number of amides is 1. The van der Waals surface area contributed by atoms with E-state index in [0.717, 1.165) is 30.1 Å². The number of hydrogen-bond donors (Lipinski definition) is 2. The van der Waals surface area contributed by atoms with Crippen LogP contribution in [0.25, 0.3) is 0 Å². The summed E-state index contributed by atoms with van der Waals surface area (Å²) in [5, 5.41) is 2.93. The Bertz CT molecular complexity index is 440. The number of rotatable bonds is 8. The third-order valence-electron chi connectivity index (χ3n) is 4.21. The molecule has 4 heteroatoms. The first kappa shape index (κ1) is 16.0. The number of nitrogens with zero attached hydrogens (tertiary/aromatic N) is 1. The van der Waals surface area contributed by atoms with E-state index in [-0.39, 0.29) is 5.91 Å². The summed E-state index contributed by atoms with van der Waals surface area (Å²) in [5.74, 6) is 0.984. The van der Waals surface area contributed by atoms with Gasteiger partial charge in [-0.2, -0.15) is 0 Å². The Morgan fingerprint density at radius 1 is 1.33 bits per heavy atom. The molecule has 1 aromatic rings. The molecular weight excluding hydrogens is 262 g/mol. The van der Waals surface area contributed by atoms with Crippen molar-refractivity contribution in [1.82, 2.24) is 4.90 Å². The molecule has 0 heterocycles. The standard InChI is InChI=1S/C17H27N3O/c1-20(13-15-4-2-5-15)11-3-6-17(21)19-16-9-7-14(12-18)8-10-16/h7-10,15H,2-6,11-13,18H2,1H3,(H,19,21). The van der Waals surface area contributed by atoms with Gasteiger partial charge in [-0.15, -0.1) is 0 Å². The SMILES string of the molecule is CN(CCCC(=O)Nc1ccc(CN)cc1)CC1CCC1. The van der Waals surface area contributed by atoms with Crippen LogP contribution in [0.1, 0.15) is 37.7 Å². The molecule has 1 aromatic carbocycles. The third kappa shape index (κ3) is 5.48. The first-order valence-corrected chi connectivity index (χ1v) is 7.95. The number of carbonyl (C=O) groups excluding carboxylic acids is 1. The van der Waals surface area contributed by atoms with E-state index in [1.165, 1.54) is 25.8 Å². The van der Waals surface area contributed by atoms with Gasteiger partial charge in [-0.05, 0) is 56.5 Å². The number of nitrogens with two attached hydrogens (primary N) is 1. The highest BCUT2D eigenvalue weighted by atomic mass is 16.1. The van der Waals surface area contributed by atoms with Crippen molar-refractivity contribution < 1.29 is 4.79 Å². The second-order valence-electron chi connectivity index (χ2n) is 6.11. The minimum absolute atomic E-state index is 0.0903. The highest BCUT2D eigenvalue weighted by Gasteiger charge is 2.18. The molecule has 0 bridgehead atoms. The maximum atomic E-state index is 11.9. The minimum Gasteiger partial charge on any atom is -0.326 e. The van der Waals surface area contributed by atoms with E-state index in [4.69, 9.17) is 5.73 Å². The summed E-state index contributed by atoms with van der Waals surface area (Å²) in [6.45, 7) is 2.71. The van der Waals surface area contributed by atoms with Gasteiger partial charge in [0.1, 0.15) is 0 Å². The van der Waals surface area contributed by atoms with Crippen LogP contribution in [0.3, 0.4) is 0 Å². The zero-order chi connectivity index (χ0) is 15.1. The zero-order valence-corrected chi connectivity index (χ0v) is 13.0. The first-order valence-electron chi connectivity index (χ1n) is 7.95. The van der Waals surface area contributed by atoms with Crippen LogP contribution in [0.15, 0.2) is 24.3 Å². The first-order chi connectivity index (χ1) is 10.2. The number of anilines is 1. The van der Waals surface area contributed by atoms with Crippen LogP contribution in [0, 0.1) is 5.92 Å². The molecule has 1 fully saturated rings. The molecule has 0 radical (unpaired) electrons. The van der Waals surface area contributed by atoms with Gasteiger partial charge in [0, 0.05) is 25.2 Å². The van der Waals surface area contributed by atoms with Gasteiger partial charge in [0.2, 0.25) is 5.91 Å². The molecule has 1 aliphatic rings. The molecule has 0 saturated heterocycles. The number of carbonyl (C=O) groups is 1. The van der Waals surface area contributed by atoms with Crippen LogP contribution in [0.2, 0.25) is 0 Å². The minimum atomic E-state index is 0.0903. The molecule has 21 heavy (non-hydrogen) atoms. The van der Waals surface area contributed by atoms with Gasteiger partial charge in [0.25, 0.3) is 0 Å². The van der Waals surface area contributed by atoms with Crippen molar-refractivity contribution in [3.8, 4) is 0 Å². The maximum Gasteiger partial charge on any atom is 0.224 e. The monoisotopic (exact) mass is 289 g/mol. The van der Waals surface area contributed by atoms with E-state index in [1.54, 1.807) is 0 Å². The summed E-state index contributed by atoms with van der Waals surface area (Å²) in [7, 11) is 2.15. The van der Waals surface area contributed by atoms with Crippen molar-refractivity contribution in [2.75, 3.05) is 25.5 Å². The van der Waals surface area contributed by atoms with E-state index in [2.05, 4.69) is 17.3 Å². The average Bonchev–Trinajstić information content (AvgIpc) is 2.44. The Morgan fingerprint density at radius 3 is 2.62 bits per heavy atom. The molecule has 1 saturated carbocycles.